The second-order valence-corrected chi connectivity index (χ2v) is 7.61. The van der Waals surface area contributed by atoms with Crippen LogP contribution in [0.25, 0.3) is 0 Å². The van der Waals surface area contributed by atoms with Gasteiger partial charge in [0.1, 0.15) is 24.5 Å². The van der Waals surface area contributed by atoms with Gasteiger partial charge in [-0.2, -0.15) is 4.98 Å². The average molecular weight is 420 g/mol. The Morgan fingerprint density at radius 1 is 1.10 bits per heavy atom. The summed E-state index contributed by atoms with van der Waals surface area (Å²) in [5, 5.41) is 3.29. The van der Waals surface area contributed by atoms with Gasteiger partial charge in [0, 0.05) is 6.20 Å². The largest absolute Gasteiger partial charge is 0.454 e. The number of cyclic esters (lactones) is 1. The van der Waals surface area contributed by atoms with E-state index in [1.54, 1.807) is 29.6 Å². The minimum Gasteiger partial charge on any atom is -0.454 e. The van der Waals surface area contributed by atoms with Crippen LogP contribution < -0.4 is 15.0 Å². The molecule has 3 aromatic rings. The maximum Gasteiger partial charge on any atom is 0.415 e. The van der Waals surface area contributed by atoms with E-state index < -0.39 is 0 Å². The monoisotopic (exact) mass is 420 g/mol. The zero-order valence-corrected chi connectivity index (χ0v) is 17.6. The number of hydrogen-bond acceptors (Lipinski definition) is 8. The highest BCUT2D eigenvalue weighted by Gasteiger charge is 2.37. The van der Waals surface area contributed by atoms with Gasteiger partial charge in [0.05, 0.1) is 24.5 Å². The van der Waals surface area contributed by atoms with Crippen molar-refractivity contribution in [1.82, 2.24) is 19.9 Å². The Morgan fingerprint density at radius 3 is 2.55 bits per heavy atom. The summed E-state index contributed by atoms with van der Waals surface area (Å²) in [6.07, 6.45) is 5.93. The predicted molar refractivity (Wildman–Crippen MR) is 115 cm³/mol. The second-order valence-electron chi connectivity index (χ2n) is 7.61. The first-order chi connectivity index (χ1) is 15.0. The molecule has 9 nitrogen and oxygen atoms in total. The van der Waals surface area contributed by atoms with E-state index in [4.69, 9.17) is 9.47 Å². The molecule has 0 bridgehead atoms. The number of hydrogen-bond donors (Lipinski definition) is 1. The van der Waals surface area contributed by atoms with Crippen molar-refractivity contribution in [1.29, 1.82) is 0 Å². The number of amides is 1. The number of benzene rings is 1. The summed E-state index contributed by atoms with van der Waals surface area (Å²) in [7, 11) is 0. The molecule has 1 fully saturated rings. The highest BCUT2D eigenvalue weighted by atomic mass is 16.6. The smallest absolute Gasteiger partial charge is 0.415 e. The number of carbonyl (C=O) groups is 1. The Bertz CT molecular complexity index is 1030. The molecule has 31 heavy (non-hydrogen) atoms. The normalized spacial score (nSPS) is 16.8. The van der Waals surface area contributed by atoms with Crippen molar-refractivity contribution in [3.63, 3.8) is 0 Å². The van der Waals surface area contributed by atoms with Crippen LogP contribution in [0.15, 0.2) is 55.2 Å². The van der Waals surface area contributed by atoms with Crippen LogP contribution in [0.1, 0.15) is 32.4 Å². The van der Waals surface area contributed by atoms with E-state index in [1.165, 1.54) is 6.33 Å². The summed E-state index contributed by atoms with van der Waals surface area (Å²) in [5.74, 6) is 2.48. The summed E-state index contributed by atoms with van der Waals surface area (Å²) in [6.45, 7) is 6.49. The van der Waals surface area contributed by atoms with Gasteiger partial charge in [-0.25, -0.2) is 19.7 Å². The van der Waals surface area contributed by atoms with E-state index in [-0.39, 0.29) is 24.1 Å². The molecule has 2 atom stereocenters. The fourth-order valence-corrected chi connectivity index (χ4v) is 3.32. The van der Waals surface area contributed by atoms with Crippen molar-refractivity contribution >= 4 is 17.9 Å². The Balaban J connectivity index is 1.44. The Morgan fingerprint density at radius 2 is 1.84 bits per heavy atom. The SMILES string of the molecule is CC(C)C1COC(=O)N1c1ccnc(N[C@@H](C)c2ccc(Oc3cncnc3)cc2)n1. The molecule has 1 unspecified atom stereocenters. The van der Waals surface area contributed by atoms with Crippen LogP contribution in [-0.2, 0) is 4.74 Å². The molecule has 1 aliphatic heterocycles. The highest BCUT2D eigenvalue weighted by molar-refractivity contribution is 5.89. The molecule has 1 amide bonds. The molecule has 4 rings (SSSR count). The second kappa shape index (κ2) is 8.95. The summed E-state index contributed by atoms with van der Waals surface area (Å²) in [5.41, 5.74) is 1.03. The Labute approximate surface area is 180 Å². The molecular formula is C22H24N6O3. The molecule has 2 aromatic heterocycles. The maximum atomic E-state index is 12.2. The topological polar surface area (TPSA) is 102 Å². The van der Waals surface area contributed by atoms with Gasteiger partial charge in [-0.1, -0.05) is 26.0 Å². The van der Waals surface area contributed by atoms with Crippen molar-refractivity contribution < 1.29 is 14.3 Å². The first kappa shape index (κ1) is 20.5. The molecule has 0 radical (unpaired) electrons. The van der Waals surface area contributed by atoms with E-state index in [0.717, 1.165) is 5.56 Å². The van der Waals surface area contributed by atoms with E-state index in [1.807, 2.05) is 31.2 Å². The van der Waals surface area contributed by atoms with Crippen LogP contribution in [0.3, 0.4) is 0 Å². The number of anilines is 2. The first-order valence-electron chi connectivity index (χ1n) is 10.1. The summed E-state index contributed by atoms with van der Waals surface area (Å²) < 4.78 is 10.9. The highest BCUT2D eigenvalue weighted by Crippen LogP contribution is 2.27. The van der Waals surface area contributed by atoms with Crippen LogP contribution in [0.2, 0.25) is 0 Å². The zero-order chi connectivity index (χ0) is 21.8. The lowest BCUT2D eigenvalue weighted by molar-refractivity contribution is 0.177. The maximum absolute atomic E-state index is 12.2. The van der Waals surface area contributed by atoms with Crippen LogP contribution in [0.4, 0.5) is 16.6 Å². The van der Waals surface area contributed by atoms with Gasteiger partial charge in [-0.15, -0.1) is 0 Å². The third-order valence-corrected chi connectivity index (χ3v) is 5.06. The number of nitrogens with one attached hydrogen (secondary N) is 1. The minimum atomic E-state index is -0.379. The van der Waals surface area contributed by atoms with Gasteiger partial charge < -0.3 is 14.8 Å². The molecular weight excluding hydrogens is 396 g/mol. The number of ether oxygens (including phenoxy) is 2. The molecule has 160 valence electrons. The molecule has 1 saturated heterocycles. The van der Waals surface area contributed by atoms with Gasteiger partial charge in [0.2, 0.25) is 5.95 Å². The van der Waals surface area contributed by atoms with Crippen LogP contribution in [0, 0.1) is 5.92 Å². The van der Waals surface area contributed by atoms with E-state index in [0.29, 0.717) is 29.9 Å². The Kier molecular flexibility index (Phi) is 5.92. The molecule has 1 aromatic carbocycles. The lowest BCUT2D eigenvalue weighted by Crippen LogP contribution is -2.37. The van der Waals surface area contributed by atoms with E-state index in [2.05, 4.69) is 39.1 Å². The number of carbonyl (C=O) groups excluding carboxylic acids is 1. The van der Waals surface area contributed by atoms with Crippen molar-refractivity contribution in [2.75, 3.05) is 16.8 Å². The fraction of sp³-hybridized carbons (Fsp3) is 0.318. The van der Waals surface area contributed by atoms with Crippen molar-refractivity contribution in [3.8, 4) is 11.5 Å². The van der Waals surface area contributed by atoms with Crippen LogP contribution in [-0.4, -0.2) is 38.7 Å². The number of nitrogens with zero attached hydrogens (tertiary/aromatic N) is 5. The van der Waals surface area contributed by atoms with Gasteiger partial charge in [-0.3, -0.25) is 4.90 Å². The Hall–Kier alpha value is -3.75. The summed E-state index contributed by atoms with van der Waals surface area (Å²) in [4.78, 5) is 30.5. The molecule has 0 saturated carbocycles. The molecule has 0 aliphatic carbocycles. The van der Waals surface area contributed by atoms with Gasteiger partial charge in [-0.05, 0) is 36.6 Å². The lowest BCUT2D eigenvalue weighted by atomic mass is 10.0. The first-order valence-corrected chi connectivity index (χ1v) is 10.1. The quantitative estimate of drug-likeness (QED) is 0.606. The predicted octanol–water partition coefficient (Wildman–Crippen LogP) is 4.21. The molecule has 3 heterocycles. The molecule has 1 aliphatic rings. The summed E-state index contributed by atoms with van der Waals surface area (Å²) in [6, 6.07) is 9.31. The fourth-order valence-electron chi connectivity index (χ4n) is 3.32. The van der Waals surface area contributed by atoms with Gasteiger partial charge in [0.15, 0.2) is 5.75 Å². The third-order valence-electron chi connectivity index (χ3n) is 5.06. The van der Waals surface area contributed by atoms with Crippen molar-refractivity contribution in [2.24, 2.45) is 5.92 Å². The average Bonchev–Trinajstić information content (AvgIpc) is 3.17. The van der Waals surface area contributed by atoms with Crippen LogP contribution >= 0.6 is 0 Å². The molecule has 0 spiro atoms. The number of aromatic nitrogens is 4. The van der Waals surface area contributed by atoms with E-state index >= 15 is 0 Å². The van der Waals surface area contributed by atoms with Crippen molar-refractivity contribution in [2.45, 2.75) is 32.9 Å². The van der Waals surface area contributed by atoms with E-state index in [9.17, 15) is 4.79 Å². The zero-order valence-electron chi connectivity index (χ0n) is 17.6. The summed E-state index contributed by atoms with van der Waals surface area (Å²) >= 11 is 0. The number of rotatable bonds is 7. The molecule has 1 N–H and O–H groups in total. The van der Waals surface area contributed by atoms with Crippen molar-refractivity contribution in [3.05, 3.63) is 60.8 Å². The minimum absolute atomic E-state index is 0.0461. The third kappa shape index (κ3) is 4.71. The standard InChI is InChI=1S/C22H24N6O3/c1-14(2)19-12-30-22(29)28(19)20-8-9-25-21(27-20)26-15(3)16-4-6-17(7-5-16)31-18-10-23-13-24-11-18/h4-11,13-15,19H,12H2,1-3H3,(H,25,26,27)/t15-,19?/m0/s1. The lowest BCUT2D eigenvalue weighted by Gasteiger charge is -2.23. The van der Waals surface area contributed by atoms with Gasteiger partial charge in [0.25, 0.3) is 0 Å². The molecule has 9 heteroatoms. The van der Waals surface area contributed by atoms with Gasteiger partial charge >= 0.3 is 6.09 Å². The van der Waals surface area contributed by atoms with Crippen LogP contribution in [0.5, 0.6) is 11.5 Å².